The average molecular weight is 227 g/mol. The highest BCUT2D eigenvalue weighted by molar-refractivity contribution is 7.93. The number of aliphatic carboxylic acids is 1. The molecular weight excluding hydrogens is 218 g/mol. The van der Waals surface area contributed by atoms with Crippen LogP contribution in [0.2, 0.25) is 0 Å². The van der Waals surface area contributed by atoms with E-state index in [1.807, 2.05) is 0 Å². The Kier molecular flexibility index (Phi) is 2.15. The van der Waals surface area contributed by atoms with Crippen LogP contribution in [0.5, 0.6) is 0 Å². The highest BCUT2D eigenvalue weighted by Crippen LogP contribution is 2.29. The first-order valence-corrected chi connectivity index (χ1v) is 5.88. The van der Waals surface area contributed by atoms with Crippen molar-refractivity contribution in [2.75, 3.05) is 11.9 Å². The molecule has 0 amide bonds. The second-order valence-corrected chi connectivity index (χ2v) is 5.35. The average Bonchev–Trinajstić information content (AvgIpc) is 2.17. The van der Waals surface area contributed by atoms with Gasteiger partial charge in [-0.1, -0.05) is 12.1 Å². The third-order valence-electron chi connectivity index (χ3n) is 2.32. The van der Waals surface area contributed by atoms with Gasteiger partial charge in [0.2, 0.25) is 0 Å². The molecule has 2 rings (SSSR count). The van der Waals surface area contributed by atoms with Gasteiger partial charge in [0.15, 0.2) is 15.1 Å². The number of carboxylic acids is 1. The summed E-state index contributed by atoms with van der Waals surface area (Å²) in [7, 11) is -3.74. The van der Waals surface area contributed by atoms with E-state index >= 15 is 0 Å². The number of nitrogens with one attached hydrogen (secondary N) is 1. The summed E-state index contributed by atoms with van der Waals surface area (Å²) in [6.45, 7) is -0.0886. The van der Waals surface area contributed by atoms with Gasteiger partial charge in [0.05, 0.1) is 10.6 Å². The van der Waals surface area contributed by atoms with Gasteiger partial charge < -0.3 is 10.4 Å². The Morgan fingerprint density at radius 3 is 2.73 bits per heavy atom. The van der Waals surface area contributed by atoms with Crippen molar-refractivity contribution in [3.05, 3.63) is 24.3 Å². The summed E-state index contributed by atoms with van der Waals surface area (Å²) in [5.74, 6) is -1.32. The summed E-state index contributed by atoms with van der Waals surface area (Å²) in [5, 5.41) is 10.2. The van der Waals surface area contributed by atoms with E-state index in [1.165, 1.54) is 6.07 Å². The van der Waals surface area contributed by atoms with Crippen LogP contribution in [0.15, 0.2) is 29.2 Å². The number of carboxylic acid groups (broad SMARTS) is 1. The third kappa shape index (κ3) is 1.46. The smallest absolute Gasteiger partial charge is 0.324 e. The van der Waals surface area contributed by atoms with Crippen LogP contribution in [0, 0.1) is 0 Å². The summed E-state index contributed by atoms with van der Waals surface area (Å²) in [4.78, 5) is 10.8. The van der Waals surface area contributed by atoms with E-state index in [0.717, 1.165) is 0 Å². The Labute approximate surface area is 86.7 Å². The van der Waals surface area contributed by atoms with Gasteiger partial charge in [0.25, 0.3) is 0 Å². The number of rotatable bonds is 1. The minimum Gasteiger partial charge on any atom is -0.480 e. The lowest BCUT2D eigenvalue weighted by molar-refractivity contribution is -0.136. The molecule has 80 valence electrons. The Hall–Kier alpha value is -1.56. The van der Waals surface area contributed by atoms with Crippen molar-refractivity contribution in [2.24, 2.45) is 0 Å². The molecule has 6 heteroatoms. The summed E-state index contributed by atoms with van der Waals surface area (Å²) in [6.07, 6.45) is 0. The Bertz CT molecular complexity index is 509. The van der Waals surface area contributed by atoms with Gasteiger partial charge in [-0.2, -0.15) is 0 Å². The standard InChI is InChI=1S/C9H9NO4S/c11-9(12)8-5-10-6-3-1-2-4-7(6)15(8,13)14/h1-4,8,10H,5H2,(H,11,12). The molecule has 0 aliphatic carbocycles. The first kappa shape index (κ1) is 9.97. The summed E-state index contributed by atoms with van der Waals surface area (Å²) in [6, 6.07) is 6.29. The molecule has 1 aromatic rings. The highest BCUT2D eigenvalue weighted by Gasteiger charge is 2.38. The maximum atomic E-state index is 11.8. The van der Waals surface area contributed by atoms with E-state index in [4.69, 9.17) is 5.11 Å². The molecule has 0 spiro atoms. The van der Waals surface area contributed by atoms with Crippen LogP contribution in [0.3, 0.4) is 0 Å². The van der Waals surface area contributed by atoms with Crippen LogP contribution in [0.25, 0.3) is 0 Å². The molecule has 0 saturated heterocycles. The van der Waals surface area contributed by atoms with Crippen molar-refractivity contribution in [1.29, 1.82) is 0 Å². The quantitative estimate of drug-likeness (QED) is 0.722. The van der Waals surface area contributed by atoms with Gasteiger partial charge >= 0.3 is 5.97 Å². The third-order valence-corrected chi connectivity index (χ3v) is 4.41. The molecular formula is C9H9NO4S. The normalized spacial score (nSPS) is 22.5. The van der Waals surface area contributed by atoms with Crippen LogP contribution in [-0.2, 0) is 14.6 Å². The van der Waals surface area contributed by atoms with Gasteiger partial charge in [-0.25, -0.2) is 8.42 Å². The number of sulfone groups is 1. The number of hydrogen-bond donors (Lipinski definition) is 2. The zero-order chi connectivity index (χ0) is 11.1. The maximum absolute atomic E-state index is 11.8. The fourth-order valence-electron chi connectivity index (χ4n) is 1.55. The maximum Gasteiger partial charge on any atom is 0.324 e. The summed E-state index contributed by atoms with van der Waals surface area (Å²) >= 11 is 0. The number of hydrogen-bond acceptors (Lipinski definition) is 4. The lowest BCUT2D eigenvalue weighted by atomic mass is 10.3. The van der Waals surface area contributed by atoms with Crippen LogP contribution in [-0.4, -0.2) is 31.3 Å². The van der Waals surface area contributed by atoms with Crippen LogP contribution < -0.4 is 5.32 Å². The molecule has 1 aliphatic heterocycles. The minimum atomic E-state index is -3.74. The fourth-order valence-corrected chi connectivity index (χ4v) is 3.14. The Morgan fingerprint density at radius 2 is 2.07 bits per heavy atom. The van der Waals surface area contributed by atoms with Crippen molar-refractivity contribution >= 4 is 21.5 Å². The number of para-hydroxylation sites is 1. The molecule has 1 aliphatic rings. The predicted molar refractivity (Wildman–Crippen MR) is 53.5 cm³/mol. The van der Waals surface area contributed by atoms with Crippen LogP contribution in [0.4, 0.5) is 5.69 Å². The predicted octanol–water partition coefficient (Wildman–Crippen LogP) is 0.339. The summed E-state index contributed by atoms with van der Waals surface area (Å²) < 4.78 is 23.6. The molecule has 0 aromatic heterocycles. The van der Waals surface area contributed by atoms with E-state index in [1.54, 1.807) is 18.2 Å². The molecule has 2 N–H and O–H groups in total. The van der Waals surface area contributed by atoms with Crippen molar-refractivity contribution in [3.8, 4) is 0 Å². The molecule has 0 fully saturated rings. The zero-order valence-corrected chi connectivity index (χ0v) is 8.49. The number of fused-ring (bicyclic) bond motifs is 1. The van der Waals surface area contributed by atoms with E-state index in [9.17, 15) is 13.2 Å². The molecule has 0 radical (unpaired) electrons. The molecule has 0 saturated carbocycles. The van der Waals surface area contributed by atoms with E-state index in [-0.39, 0.29) is 11.4 Å². The van der Waals surface area contributed by atoms with Gasteiger partial charge in [-0.05, 0) is 12.1 Å². The monoisotopic (exact) mass is 227 g/mol. The number of anilines is 1. The van der Waals surface area contributed by atoms with E-state index in [2.05, 4.69) is 5.32 Å². The van der Waals surface area contributed by atoms with Crippen molar-refractivity contribution in [1.82, 2.24) is 0 Å². The Morgan fingerprint density at radius 1 is 1.40 bits per heavy atom. The topological polar surface area (TPSA) is 83.5 Å². The summed E-state index contributed by atoms with van der Waals surface area (Å²) in [5.41, 5.74) is 0.468. The molecule has 1 aromatic carbocycles. The van der Waals surface area contributed by atoms with Crippen LogP contribution in [0.1, 0.15) is 0 Å². The second kappa shape index (κ2) is 3.23. The zero-order valence-electron chi connectivity index (χ0n) is 7.67. The molecule has 1 heterocycles. The fraction of sp³-hybridized carbons (Fsp3) is 0.222. The van der Waals surface area contributed by atoms with E-state index in [0.29, 0.717) is 5.69 Å². The molecule has 5 nitrogen and oxygen atoms in total. The molecule has 15 heavy (non-hydrogen) atoms. The first-order valence-electron chi connectivity index (χ1n) is 4.33. The van der Waals surface area contributed by atoms with Crippen molar-refractivity contribution in [3.63, 3.8) is 0 Å². The Balaban J connectivity index is 2.60. The van der Waals surface area contributed by atoms with Crippen molar-refractivity contribution < 1.29 is 18.3 Å². The second-order valence-electron chi connectivity index (χ2n) is 3.25. The van der Waals surface area contributed by atoms with Crippen LogP contribution >= 0.6 is 0 Å². The van der Waals surface area contributed by atoms with Gasteiger partial charge in [0.1, 0.15) is 0 Å². The lowest BCUT2D eigenvalue weighted by Gasteiger charge is -2.23. The highest BCUT2D eigenvalue weighted by atomic mass is 32.2. The van der Waals surface area contributed by atoms with E-state index < -0.39 is 21.1 Å². The van der Waals surface area contributed by atoms with Crippen molar-refractivity contribution in [2.45, 2.75) is 10.1 Å². The van der Waals surface area contributed by atoms with Gasteiger partial charge in [0, 0.05) is 6.54 Å². The van der Waals surface area contributed by atoms with Gasteiger partial charge in [-0.15, -0.1) is 0 Å². The lowest BCUT2D eigenvalue weighted by Crippen LogP contribution is -2.40. The largest absolute Gasteiger partial charge is 0.480 e. The molecule has 1 unspecified atom stereocenters. The molecule has 1 atom stereocenters. The molecule has 0 bridgehead atoms. The van der Waals surface area contributed by atoms with Gasteiger partial charge in [-0.3, -0.25) is 4.79 Å². The number of carbonyl (C=O) groups is 1. The first-order chi connectivity index (χ1) is 7.03. The SMILES string of the molecule is O=C(O)C1CNc2ccccc2S1(=O)=O. The number of benzene rings is 1. The minimum absolute atomic E-state index is 0.0589.